The molecule has 12 heavy (non-hydrogen) atoms. The average Bonchev–Trinajstić information content (AvgIpc) is 2.79. The van der Waals surface area contributed by atoms with Crippen molar-refractivity contribution < 1.29 is 5.11 Å². The Balaban J connectivity index is 2.03. The Bertz CT molecular complexity index is 225. The monoisotopic (exact) mass is 166 g/mol. The summed E-state index contributed by atoms with van der Waals surface area (Å²) in [5.74, 6) is 0.551. The Morgan fingerprint density at radius 3 is 2.42 bits per heavy atom. The SMILES string of the molecule is CC(C#N)(C1CC1)N1CC(O)C1. The van der Waals surface area contributed by atoms with E-state index < -0.39 is 0 Å². The molecular formula is C9H14N2O. The van der Waals surface area contributed by atoms with Crippen LogP contribution >= 0.6 is 0 Å². The predicted octanol–water partition coefficient (Wildman–Crippen LogP) is 0.355. The van der Waals surface area contributed by atoms with E-state index in [-0.39, 0.29) is 11.6 Å². The molecule has 1 unspecified atom stereocenters. The van der Waals surface area contributed by atoms with E-state index in [4.69, 9.17) is 10.4 Å². The maximum absolute atomic E-state index is 9.13. The van der Waals surface area contributed by atoms with Gasteiger partial charge in [-0.1, -0.05) is 0 Å². The van der Waals surface area contributed by atoms with Gasteiger partial charge in [0, 0.05) is 13.1 Å². The normalized spacial score (nSPS) is 30.4. The van der Waals surface area contributed by atoms with Gasteiger partial charge >= 0.3 is 0 Å². The van der Waals surface area contributed by atoms with Gasteiger partial charge < -0.3 is 5.11 Å². The number of nitrogens with zero attached hydrogens (tertiary/aromatic N) is 2. The van der Waals surface area contributed by atoms with Crippen molar-refractivity contribution in [1.29, 1.82) is 5.26 Å². The van der Waals surface area contributed by atoms with Crippen LogP contribution in [0.3, 0.4) is 0 Å². The number of rotatable bonds is 2. The fourth-order valence-corrected chi connectivity index (χ4v) is 1.90. The molecule has 0 spiro atoms. The van der Waals surface area contributed by atoms with Crippen LogP contribution in [0.1, 0.15) is 19.8 Å². The lowest BCUT2D eigenvalue weighted by Crippen LogP contribution is -2.61. The van der Waals surface area contributed by atoms with E-state index in [1.165, 1.54) is 12.8 Å². The van der Waals surface area contributed by atoms with Crippen molar-refractivity contribution in [3.05, 3.63) is 0 Å². The van der Waals surface area contributed by atoms with Crippen molar-refractivity contribution >= 4 is 0 Å². The van der Waals surface area contributed by atoms with Gasteiger partial charge in [0.25, 0.3) is 0 Å². The Hall–Kier alpha value is -0.590. The maximum atomic E-state index is 9.13. The van der Waals surface area contributed by atoms with Crippen molar-refractivity contribution in [2.45, 2.75) is 31.4 Å². The molecule has 1 atom stereocenters. The first-order valence-electron chi connectivity index (χ1n) is 4.51. The minimum absolute atomic E-state index is 0.198. The summed E-state index contributed by atoms with van der Waals surface area (Å²) in [4.78, 5) is 2.09. The zero-order valence-electron chi connectivity index (χ0n) is 7.32. The standard InChI is InChI=1S/C9H14N2O/c1-9(6-10,7-2-3-7)11-4-8(12)5-11/h7-8,12H,2-5H2,1H3. The van der Waals surface area contributed by atoms with E-state index in [0.29, 0.717) is 19.0 Å². The molecule has 0 aromatic carbocycles. The molecule has 0 aromatic heterocycles. The molecule has 1 saturated carbocycles. The first-order chi connectivity index (χ1) is 5.66. The number of hydrogen-bond donors (Lipinski definition) is 1. The van der Waals surface area contributed by atoms with Crippen LogP contribution in [0.25, 0.3) is 0 Å². The summed E-state index contributed by atoms with van der Waals surface area (Å²) in [6.45, 7) is 3.36. The van der Waals surface area contributed by atoms with Crippen molar-refractivity contribution in [3.63, 3.8) is 0 Å². The van der Waals surface area contributed by atoms with Crippen molar-refractivity contribution in [3.8, 4) is 6.07 Å². The summed E-state index contributed by atoms with van der Waals surface area (Å²) in [5, 5.41) is 18.2. The molecular weight excluding hydrogens is 152 g/mol. The highest BCUT2D eigenvalue weighted by Crippen LogP contribution is 2.44. The lowest BCUT2D eigenvalue weighted by molar-refractivity contribution is -0.0489. The summed E-state index contributed by atoms with van der Waals surface area (Å²) in [5.41, 5.74) is -0.292. The maximum Gasteiger partial charge on any atom is 0.109 e. The van der Waals surface area contributed by atoms with Gasteiger partial charge in [-0.2, -0.15) is 5.26 Å². The highest BCUT2D eigenvalue weighted by Gasteiger charge is 2.49. The average molecular weight is 166 g/mol. The van der Waals surface area contributed by atoms with Crippen molar-refractivity contribution in [2.75, 3.05) is 13.1 Å². The van der Waals surface area contributed by atoms with Crippen LogP contribution in [0.2, 0.25) is 0 Å². The third-order valence-electron chi connectivity index (χ3n) is 3.12. The van der Waals surface area contributed by atoms with Crippen LogP contribution in [0.15, 0.2) is 0 Å². The smallest absolute Gasteiger partial charge is 0.109 e. The van der Waals surface area contributed by atoms with Crippen LogP contribution in [-0.2, 0) is 0 Å². The predicted molar refractivity (Wildman–Crippen MR) is 44.3 cm³/mol. The summed E-state index contributed by atoms with van der Waals surface area (Å²) in [7, 11) is 0. The summed E-state index contributed by atoms with van der Waals surface area (Å²) in [6.07, 6.45) is 2.16. The summed E-state index contributed by atoms with van der Waals surface area (Å²) in [6, 6.07) is 2.38. The van der Waals surface area contributed by atoms with Crippen LogP contribution in [0, 0.1) is 17.2 Å². The molecule has 2 rings (SSSR count). The Labute approximate surface area is 72.6 Å². The molecule has 3 nitrogen and oxygen atoms in total. The number of nitriles is 1. The highest BCUT2D eigenvalue weighted by atomic mass is 16.3. The van der Waals surface area contributed by atoms with E-state index in [0.717, 1.165) is 0 Å². The lowest BCUT2D eigenvalue weighted by atomic mass is 9.91. The molecule has 0 radical (unpaired) electrons. The topological polar surface area (TPSA) is 47.3 Å². The van der Waals surface area contributed by atoms with Crippen LogP contribution in [0.4, 0.5) is 0 Å². The van der Waals surface area contributed by atoms with Crippen molar-refractivity contribution in [2.24, 2.45) is 5.92 Å². The number of aliphatic hydroxyl groups excluding tert-OH is 1. The van der Waals surface area contributed by atoms with Crippen LogP contribution < -0.4 is 0 Å². The Morgan fingerprint density at radius 2 is 2.08 bits per heavy atom. The van der Waals surface area contributed by atoms with E-state index in [2.05, 4.69) is 11.0 Å². The first kappa shape index (κ1) is 8.03. The van der Waals surface area contributed by atoms with E-state index in [9.17, 15) is 0 Å². The molecule has 2 aliphatic rings. The van der Waals surface area contributed by atoms with Gasteiger partial charge in [-0.3, -0.25) is 4.90 Å². The van der Waals surface area contributed by atoms with Gasteiger partial charge in [0.15, 0.2) is 0 Å². The number of likely N-dealkylation sites (tertiary alicyclic amines) is 1. The van der Waals surface area contributed by atoms with E-state index >= 15 is 0 Å². The molecule has 1 aliphatic heterocycles. The van der Waals surface area contributed by atoms with Gasteiger partial charge in [0.2, 0.25) is 0 Å². The molecule has 1 aliphatic carbocycles. The second kappa shape index (κ2) is 2.45. The number of hydrogen-bond acceptors (Lipinski definition) is 3. The zero-order valence-corrected chi connectivity index (χ0v) is 7.32. The summed E-state index contributed by atoms with van der Waals surface area (Å²) < 4.78 is 0. The minimum atomic E-state index is -0.292. The molecule has 1 heterocycles. The molecule has 0 amide bonds. The molecule has 1 N–H and O–H groups in total. The molecule has 66 valence electrons. The van der Waals surface area contributed by atoms with Gasteiger partial charge in [0.1, 0.15) is 5.54 Å². The van der Waals surface area contributed by atoms with Gasteiger partial charge in [-0.25, -0.2) is 0 Å². The summed E-state index contributed by atoms with van der Waals surface area (Å²) >= 11 is 0. The third kappa shape index (κ3) is 1.03. The quantitative estimate of drug-likeness (QED) is 0.644. The second-order valence-corrected chi connectivity index (χ2v) is 4.09. The molecule has 0 aromatic rings. The fourth-order valence-electron chi connectivity index (χ4n) is 1.90. The largest absolute Gasteiger partial charge is 0.390 e. The second-order valence-electron chi connectivity index (χ2n) is 4.09. The highest BCUT2D eigenvalue weighted by molar-refractivity contribution is 5.15. The van der Waals surface area contributed by atoms with Gasteiger partial charge in [-0.05, 0) is 25.7 Å². The van der Waals surface area contributed by atoms with Crippen LogP contribution in [0.5, 0.6) is 0 Å². The molecule has 0 bridgehead atoms. The fraction of sp³-hybridized carbons (Fsp3) is 0.889. The number of β-amino-alcohol motifs (C(OH)–C–C–N with tert-alkyl or cyclic N) is 1. The zero-order chi connectivity index (χ0) is 8.77. The first-order valence-corrected chi connectivity index (χ1v) is 4.51. The van der Waals surface area contributed by atoms with E-state index in [1.807, 2.05) is 6.92 Å². The number of aliphatic hydroxyl groups is 1. The third-order valence-corrected chi connectivity index (χ3v) is 3.12. The van der Waals surface area contributed by atoms with Crippen LogP contribution in [-0.4, -0.2) is 34.7 Å². The van der Waals surface area contributed by atoms with Crippen molar-refractivity contribution in [1.82, 2.24) is 4.90 Å². The van der Waals surface area contributed by atoms with Gasteiger partial charge in [0.05, 0.1) is 12.2 Å². The Morgan fingerprint density at radius 1 is 1.50 bits per heavy atom. The minimum Gasteiger partial charge on any atom is -0.390 e. The molecule has 2 fully saturated rings. The Kier molecular flexibility index (Phi) is 1.64. The van der Waals surface area contributed by atoms with Gasteiger partial charge in [-0.15, -0.1) is 0 Å². The molecule has 1 saturated heterocycles. The molecule has 3 heteroatoms. The van der Waals surface area contributed by atoms with E-state index in [1.54, 1.807) is 0 Å². The lowest BCUT2D eigenvalue weighted by Gasteiger charge is -2.45.